The minimum absolute atomic E-state index is 0.0637. The van der Waals surface area contributed by atoms with Crippen LogP contribution in [0, 0.1) is 0 Å². The van der Waals surface area contributed by atoms with Crippen LogP contribution >= 0.6 is 15.9 Å². The van der Waals surface area contributed by atoms with Gasteiger partial charge in [0, 0.05) is 29.8 Å². The molecule has 2 heterocycles. The molecular weight excluding hydrogens is 258 g/mol. The fourth-order valence-corrected chi connectivity index (χ4v) is 2.18. The lowest BCUT2D eigenvalue weighted by atomic mass is 9.93. The number of halogens is 1. The van der Waals surface area contributed by atoms with Gasteiger partial charge in [0.15, 0.2) is 0 Å². The second kappa shape index (κ2) is 3.76. The molecule has 82 valence electrons. The van der Waals surface area contributed by atoms with E-state index in [1.54, 1.807) is 13.3 Å². The van der Waals surface area contributed by atoms with E-state index in [2.05, 4.69) is 20.9 Å². The number of ether oxygens (including phenoxy) is 2. The second-order valence-electron chi connectivity index (χ2n) is 4.34. The number of pyridine rings is 1. The highest BCUT2D eigenvalue weighted by atomic mass is 79.9. The molecule has 4 heteroatoms. The highest BCUT2D eigenvalue weighted by Gasteiger charge is 2.34. The summed E-state index contributed by atoms with van der Waals surface area (Å²) in [6.07, 6.45) is 2.65. The van der Waals surface area contributed by atoms with E-state index < -0.39 is 0 Å². The number of nitrogens with zero attached hydrogens (tertiary/aromatic N) is 1. The van der Waals surface area contributed by atoms with Gasteiger partial charge in [0.05, 0.1) is 6.10 Å². The molecule has 0 saturated carbocycles. The van der Waals surface area contributed by atoms with Crippen LogP contribution in [0.25, 0.3) is 0 Å². The highest BCUT2D eigenvalue weighted by Crippen LogP contribution is 2.40. The van der Waals surface area contributed by atoms with E-state index in [0.29, 0.717) is 5.88 Å². The smallest absolute Gasteiger partial charge is 0.219 e. The lowest BCUT2D eigenvalue weighted by Gasteiger charge is -2.35. The van der Waals surface area contributed by atoms with Gasteiger partial charge in [-0.05, 0) is 35.8 Å². The molecule has 1 unspecified atom stereocenters. The minimum Gasteiger partial charge on any atom is -0.471 e. The number of rotatable bonds is 1. The van der Waals surface area contributed by atoms with Crippen molar-refractivity contribution in [1.82, 2.24) is 4.98 Å². The van der Waals surface area contributed by atoms with Crippen LogP contribution in [0.3, 0.4) is 0 Å². The summed E-state index contributed by atoms with van der Waals surface area (Å²) in [5, 5.41) is 0. The van der Waals surface area contributed by atoms with E-state index >= 15 is 0 Å². The van der Waals surface area contributed by atoms with Gasteiger partial charge in [0.25, 0.3) is 0 Å². The molecule has 1 aromatic rings. The fraction of sp³-hybridized carbons (Fsp3) is 0.545. The summed E-state index contributed by atoms with van der Waals surface area (Å²) in [5.41, 5.74) is 0.806. The molecule has 0 fully saturated rings. The van der Waals surface area contributed by atoms with Gasteiger partial charge in [-0.2, -0.15) is 0 Å². The van der Waals surface area contributed by atoms with Crippen LogP contribution in [0.2, 0.25) is 0 Å². The normalized spacial score (nSPS) is 23.1. The van der Waals surface area contributed by atoms with Crippen LogP contribution in [-0.2, 0) is 4.74 Å². The maximum Gasteiger partial charge on any atom is 0.219 e. The summed E-state index contributed by atoms with van der Waals surface area (Å²) in [6.45, 7) is 4.09. The maximum atomic E-state index is 5.79. The Morgan fingerprint density at radius 2 is 2.33 bits per heavy atom. The SMILES string of the molecule is COC1CC(C)(C)Oc2ncc(Br)cc21. The first-order valence-corrected chi connectivity index (χ1v) is 5.68. The van der Waals surface area contributed by atoms with Gasteiger partial charge < -0.3 is 9.47 Å². The van der Waals surface area contributed by atoms with Crippen LogP contribution in [0.5, 0.6) is 5.88 Å². The topological polar surface area (TPSA) is 31.4 Å². The Morgan fingerprint density at radius 3 is 3.00 bits per heavy atom. The Bertz CT molecular complexity index is 379. The van der Waals surface area contributed by atoms with Gasteiger partial charge in [-0.1, -0.05) is 0 Å². The maximum absolute atomic E-state index is 5.79. The Morgan fingerprint density at radius 1 is 1.60 bits per heavy atom. The van der Waals surface area contributed by atoms with E-state index in [1.165, 1.54) is 0 Å². The molecule has 0 spiro atoms. The predicted molar refractivity (Wildman–Crippen MR) is 61.0 cm³/mol. The van der Waals surface area contributed by atoms with Crippen LogP contribution < -0.4 is 4.74 Å². The third-order valence-corrected chi connectivity index (χ3v) is 2.96. The van der Waals surface area contributed by atoms with Gasteiger partial charge in [-0.15, -0.1) is 0 Å². The number of fused-ring (bicyclic) bond motifs is 1. The average molecular weight is 272 g/mol. The Balaban J connectivity index is 2.44. The Hall–Kier alpha value is -0.610. The molecule has 1 aliphatic heterocycles. The number of hydrogen-bond acceptors (Lipinski definition) is 3. The monoisotopic (exact) mass is 271 g/mol. The molecule has 0 N–H and O–H groups in total. The molecule has 0 saturated heterocycles. The van der Waals surface area contributed by atoms with Gasteiger partial charge in [-0.25, -0.2) is 4.98 Å². The zero-order valence-corrected chi connectivity index (χ0v) is 10.7. The van der Waals surface area contributed by atoms with Crippen molar-refractivity contribution in [3.05, 3.63) is 22.3 Å². The third-order valence-electron chi connectivity index (χ3n) is 2.53. The molecule has 1 atom stereocenters. The molecule has 3 nitrogen and oxygen atoms in total. The molecule has 1 aliphatic rings. The van der Waals surface area contributed by atoms with Crippen molar-refractivity contribution < 1.29 is 9.47 Å². The summed E-state index contributed by atoms with van der Waals surface area (Å²) in [7, 11) is 1.72. The van der Waals surface area contributed by atoms with E-state index in [-0.39, 0.29) is 11.7 Å². The molecule has 2 rings (SSSR count). The summed E-state index contributed by atoms with van der Waals surface area (Å²) in [4.78, 5) is 4.26. The molecule has 0 amide bonds. The second-order valence-corrected chi connectivity index (χ2v) is 5.25. The van der Waals surface area contributed by atoms with E-state index in [1.807, 2.05) is 19.9 Å². The standard InChI is InChI=1S/C11H14BrNO2/c1-11(2)5-9(14-3)8-4-7(12)6-13-10(8)15-11/h4,6,9H,5H2,1-3H3. The van der Waals surface area contributed by atoms with E-state index in [0.717, 1.165) is 16.5 Å². The van der Waals surface area contributed by atoms with Crippen molar-refractivity contribution in [1.29, 1.82) is 0 Å². The number of aromatic nitrogens is 1. The quantitative estimate of drug-likeness (QED) is 0.787. The summed E-state index contributed by atoms with van der Waals surface area (Å²) in [6, 6.07) is 2.01. The van der Waals surface area contributed by atoms with Crippen molar-refractivity contribution in [3.63, 3.8) is 0 Å². The zero-order valence-electron chi connectivity index (χ0n) is 9.08. The van der Waals surface area contributed by atoms with Gasteiger partial charge >= 0.3 is 0 Å². The summed E-state index contributed by atoms with van der Waals surface area (Å²) < 4.78 is 12.2. The van der Waals surface area contributed by atoms with E-state index in [4.69, 9.17) is 9.47 Å². The molecular formula is C11H14BrNO2. The molecule has 0 aliphatic carbocycles. The lowest BCUT2D eigenvalue weighted by Crippen LogP contribution is -2.35. The van der Waals surface area contributed by atoms with Crippen LogP contribution in [0.4, 0.5) is 0 Å². The molecule has 15 heavy (non-hydrogen) atoms. The van der Waals surface area contributed by atoms with Crippen LogP contribution in [0.1, 0.15) is 31.9 Å². The van der Waals surface area contributed by atoms with Crippen LogP contribution in [0.15, 0.2) is 16.7 Å². The molecule has 0 aromatic carbocycles. The van der Waals surface area contributed by atoms with Crippen molar-refractivity contribution in [2.75, 3.05) is 7.11 Å². The Labute approximate surface area is 97.9 Å². The average Bonchev–Trinajstić information content (AvgIpc) is 2.16. The molecule has 1 aromatic heterocycles. The number of hydrogen-bond donors (Lipinski definition) is 0. The minimum atomic E-state index is -0.214. The third kappa shape index (κ3) is 2.16. The summed E-state index contributed by atoms with van der Waals surface area (Å²) in [5.74, 6) is 0.682. The summed E-state index contributed by atoms with van der Waals surface area (Å²) >= 11 is 3.40. The fourth-order valence-electron chi connectivity index (χ4n) is 1.83. The first kappa shape index (κ1) is 10.9. The van der Waals surface area contributed by atoms with Crippen molar-refractivity contribution in [2.45, 2.75) is 32.0 Å². The molecule has 0 radical (unpaired) electrons. The largest absolute Gasteiger partial charge is 0.471 e. The molecule has 0 bridgehead atoms. The van der Waals surface area contributed by atoms with E-state index in [9.17, 15) is 0 Å². The van der Waals surface area contributed by atoms with Gasteiger partial charge in [0.1, 0.15) is 5.60 Å². The predicted octanol–water partition coefficient (Wildman–Crippen LogP) is 3.09. The first-order chi connectivity index (χ1) is 7.02. The van der Waals surface area contributed by atoms with Crippen molar-refractivity contribution >= 4 is 15.9 Å². The number of methoxy groups -OCH3 is 1. The zero-order chi connectivity index (χ0) is 11.1. The highest BCUT2D eigenvalue weighted by molar-refractivity contribution is 9.10. The lowest BCUT2D eigenvalue weighted by molar-refractivity contribution is -0.0143. The van der Waals surface area contributed by atoms with Gasteiger partial charge in [0.2, 0.25) is 5.88 Å². The first-order valence-electron chi connectivity index (χ1n) is 4.89. The van der Waals surface area contributed by atoms with Crippen LogP contribution in [-0.4, -0.2) is 17.7 Å². The van der Waals surface area contributed by atoms with Crippen molar-refractivity contribution in [3.8, 4) is 5.88 Å². The Kier molecular flexibility index (Phi) is 2.73. The van der Waals surface area contributed by atoms with Gasteiger partial charge in [-0.3, -0.25) is 0 Å². The van der Waals surface area contributed by atoms with Crippen molar-refractivity contribution in [2.24, 2.45) is 0 Å².